The molecule has 1 aliphatic rings. The van der Waals surface area contributed by atoms with Gasteiger partial charge in [-0.1, -0.05) is 0 Å². The Labute approximate surface area is 58.3 Å². The van der Waals surface area contributed by atoms with Gasteiger partial charge in [-0.15, -0.1) is 0 Å². The molecular weight excluding hydrogens is 132 g/mol. The summed E-state index contributed by atoms with van der Waals surface area (Å²) >= 11 is 0. The Kier molecular flexibility index (Phi) is 2.07. The Bertz CT molecular complexity index is 196. The first-order valence-corrected chi connectivity index (χ1v) is 2.84. The maximum Gasteiger partial charge on any atom is 0.265 e. The Morgan fingerprint density at radius 3 is 3.10 bits per heavy atom. The van der Waals surface area contributed by atoms with Crippen LogP contribution in [0.3, 0.4) is 0 Å². The summed E-state index contributed by atoms with van der Waals surface area (Å²) in [5.74, 6) is 4.60. The normalized spacial score (nSPS) is 15.5. The zero-order valence-corrected chi connectivity index (χ0v) is 5.33. The lowest BCUT2D eigenvalue weighted by atomic mass is 10.2. The van der Waals surface area contributed by atoms with E-state index in [1.807, 2.05) is 5.43 Å². The second-order valence-corrected chi connectivity index (χ2v) is 1.77. The molecule has 3 N–H and O–H groups in total. The highest BCUT2D eigenvalue weighted by molar-refractivity contribution is 5.95. The molecule has 0 fully saturated rings. The Hall–Kier alpha value is -1.29. The van der Waals surface area contributed by atoms with E-state index in [0.29, 0.717) is 12.2 Å². The van der Waals surface area contributed by atoms with E-state index in [1.165, 1.54) is 6.26 Å². The van der Waals surface area contributed by atoms with Gasteiger partial charge < -0.3 is 4.74 Å². The van der Waals surface area contributed by atoms with Crippen LogP contribution in [0.15, 0.2) is 24.0 Å². The van der Waals surface area contributed by atoms with Gasteiger partial charge in [0.05, 0.1) is 6.26 Å². The fourth-order valence-electron chi connectivity index (χ4n) is 0.635. The fourth-order valence-corrected chi connectivity index (χ4v) is 0.635. The monoisotopic (exact) mass is 140 g/mol. The standard InChI is InChI=1S/C6H8N2O2/c7-8-6(9)5-1-3-10-4-2-5/h1-3H,4,7H2,(H,8,9). The van der Waals surface area contributed by atoms with Crippen LogP contribution < -0.4 is 11.3 Å². The minimum atomic E-state index is -0.292. The van der Waals surface area contributed by atoms with Gasteiger partial charge >= 0.3 is 0 Å². The van der Waals surface area contributed by atoms with Gasteiger partial charge in [-0.25, -0.2) is 5.84 Å². The molecule has 0 aromatic rings. The first-order chi connectivity index (χ1) is 4.84. The predicted octanol–water partition coefficient (Wildman–Crippen LogP) is -0.553. The van der Waals surface area contributed by atoms with Crippen molar-refractivity contribution in [3.63, 3.8) is 0 Å². The van der Waals surface area contributed by atoms with Crippen LogP contribution in [0, 0.1) is 0 Å². The molecule has 1 rings (SSSR count). The van der Waals surface area contributed by atoms with Crippen LogP contribution in [0.4, 0.5) is 0 Å². The van der Waals surface area contributed by atoms with Gasteiger partial charge in [0.25, 0.3) is 5.91 Å². The largest absolute Gasteiger partial charge is 0.497 e. The molecule has 0 radical (unpaired) electrons. The van der Waals surface area contributed by atoms with Crippen LogP contribution in [-0.4, -0.2) is 12.5 Å². The average Bonchev–Trinajstić information content (AvgIpc) is 2.05. The molecule has 0 unspecified atom stereocenters. The van der Waals surface area contributed by atoms with Crippen LogP contribution >= 0.6 is 0 Å². The van der Waals surface area contributed by atoms with Crippen molar-refractivity contribution in [3.05, 3.63) is 24.0 Å². The maximum absolute atomic E-state index is 10.8. The molecule has 1 heterocycles. The van der Waals surface area contributed by atoms with E-state index in [0.717, 1.165) is 0 Å². The number of hydrogen-bond donors (Lipinski definition) is 2. The van der Waals surface area contributed by atoms with Crippen LogP contribution in [-0.2, 0) is 9.53 Å². The van der Waals surface area contributed by atoms with Gasteiger partial charge in [0.2, 0.25) is 0 Å². The van der Waals surface area contributed by atoms with E-state index in [-0.39, 0.29) is 5.91 Å². The van der Waals surface area contributed by atoms with Crippen molar-refractivity contribution in [1.29, 1.82) is 0 Å². The van der Waals surface area contributed by atoms with Crippen molar-refractivity contribution in [2.75, 3.05) is 6.61 Å². The molecule has 0 spiro atoms. The van der Waals surface area contributed by atoms with Crippen molar-refractivity contribution in [1.82, 2.24) is 5.43 Å². The summed E-state index contributed by atoms with van der Waals surface area (Å²) in [5, 5.41) is 0. The van der Waals surface area contributed by atoms with Gasteiger partial charge in [-0.2, -0.15) is 0 Å². The highest BCUT2D eigenvalue weighted by Gasteiger charge is 2.05. The second-order valence-electron chi connectivity index (χ2n) is 1.77. The molecule has 0 aliphatic carbocycles. The lowest BCUT2D eigenvalue weighted by Crippen LogP contribution is -2.31. The third-order valence-corrected chi connectivity index (χ3v) is 1.14. The zero-order chi connectivity index (χ0) is 7.40. The van der Waals surface area contributed by atoms with Gasteiger partial charge in [0.15, 0.2) is 0 Å². The quantitative estimate of drug-likeness (QED) is 0.292. The number of carbonyl (C=O) groups excluding carboxylic acids is 1. The molecule has 0 saturated carbocycles. The topological polar surface area (TPSA) is 64.3 Å². The van der Waals surface area contributed by atoms with E-state index in [1.54, 1.807) is 12.2 Å². The summed E-state index contributed by atoms with van der Waals surface area (Å²) in [6.45, 7) is 0.430. The molecular formula is C6H8N2O2. The third kappa shape index (κ3) is 1.35. The number of hydrazine groups is 1. The number of ether oxygens (including phenoxy) is 1. The summed E-state index contributed by atoms with van der Waals surface area (Å²) in [6, 6.07) is 0. The molecule has 4 heteroatoms. The van der Waals surface area contributed by atoms with Crippen LogP contribution in [0.5, 0.6) is 0 Å². The third-order valence-electron chi connectivity index (χ3n) is 1.14. The van der Waals surface area contributed by atoms with Crippen molar-refractivity contribution >= 4 is 5.91 Å². The molecule has 0 saturated heterocycles. The molecule has 54 valence electrons. The van der Waals surface area contributed by atoms with E-state index < -0.39 is 0 Å². The molecule has 10 heavy (non-hydrogen) atoms. The van der Waals surface area contributed by atoms with Gasteiger partial charge in [0, 0.05) is 5.57 Å². The Balaban J connectivity index is 2.63. The van der Waals surface area contributed by atoms with Gasteiger partial charge in [-0.3, -0.25) is 10.2 Å². The lowest BCUT2D eigenvalue weighted by molar-refractivity contribution is -0.117. The summed E-state index contributed by atoms with van der Waals surface area (Å²) in [5.41, 5.74) is 2.56. The zero-order valence-electron chi connectivity index (χ0n) is 5.33. The van der Waals surface area contributed by atoms with Crippen LogP contribution in [0.25, 0.3) is 0 Å². The minimum Gasteiger partial charge on any atom is -0.497 e. The molecule has 1 aliphatic heterocycles. The molecule has 0 atom stereocenters. The van der Waals surface area contributed by atoms with E-state index in [2.05, 4.69) is 0 Å². The van der Waals surface area contributed by atoms with E-state index in [4.69, 9.17) is 10.6 Å². The molecule has 0 aromatic carbocycles. The minimum absolute atomic E-state index is 0.292. The number of rotatable bonds is 1. The summed E-state index contributed by atoms with van der Waals surface area (Å²) in [4.78, 5) is 10.8. The lowest BCUT2D eigenvalue weighted by Gasteiger charge is -2.05. The van der Waals surface area contributed by atoms with Crippen molar-refractivity contribution in [2.45, 2.75) is 0 Å². The summed E-state index contributed by atoms with van der Waals surface area (Å²) in [7, 11) is 0. The molecule has 1 amide bonds. The van der Waals surface area contributed by atoms with Crippen molar-refractivity contribution in [2.24, 2.45) is 5.84 Å². The second kappa shape index (κ2) is 3.03. The van der Waals surface area contributed by atoms with E-state index >= 15 is 0 Å². The van der Waals surface area contributed by atoms with Gasteiger partial charge in [0.1, 0.15) is 6.61 Å². The smallest absolute Gasteiger partial charge is 0.265 e. The SMILES string of the molecule is NNC(=O)C1=CCOC=C1. The average molecular weight is 140 g/mol. The number of hydrogen-bond acceptors (Lipinski definition) is 3. The molecule has 4 nitrogen and oxygen atoms in total. The number of carbonyl (C=O) groups is 1. The highest BCUT2D eigenvalue weighted by Crippen LogP contribution is 2.01. The number of amides is 1. The van der Waals surface area contributed by atoms with Crippen LogP contribution in [0.2, 0.25) is 0 Å². The summed E-state index contributed by atoms with van der Waals surface area (Å²) in [6.07, 6.45) is 4.68. The fraction of sp³-hybridized carbons (Fsp3) is 0.167. The first kappa shape index (κ1) is 6.82. The summed E-state index contributed by atoms with van der Waals surface area (Å²) < 4.78 is 4.82. The Morgan fingerprint density at radius 2 is 2.60 bits per heavy atom. The first-order valence-electron chi connectivity index (χ1n) is 2.84. The number of nitrogens with two attached hydrogens (primary N) is 1. The van der Waals surface area contributed by atoms with Gasteiger partial charge in [-0.05, 0) is 12.2 Å². The maximum atomic E-state index is 10.8. The van der Waals surface area contributed by atoms with Crippen LogP contribution in [0.1, 0.15) is 0 Å². The Morgan fingerprint density at radius 1 is 1.80 bits per heavy atom. The molecule has 0 bridgehead atoms. The van der Waals surface area contributed by atoms with Crippen molar-refractivity contribution < 1.29 is 9.53 Å². The van der Waals surface area contributed by atoms with Crippen molar-refractivity contribution in [3.8, 4) is 0 Å². The van der Waals surface area contributed by atoms with E-state index in [9.17, 15) is 4.79 Å². The highest BCUT2D eigenvalue weighted by atomic mass is 16.5. The number of nitrogens with one attached hydrogen (secondary N) is 1. The predicted molar refractivity (Wildman–Crippen MR) is 35.5 cm³/mol. The molecule has 0 aromatic heterocycles.